The lowest BCUT2D eigenvalue weighted by Crippen LogP contribution is -2.04. The predicted octanol–water partition coefficient (Wildman–Crippen LogP) is 3.39. The van der Waals surface area contributed by atoms with Crippen molar-refractivity contribution < 1.29 is 13.9 Å². The average molecular weight is 259 g/mol. The standard InChI is InChI=1S/C15H17NO3/c1-4-11-8-6-7-9-12(11)14-16-10(3)13(19-14)15(17)18-5-2/h6-9H,4-5H2,1-3H3. The average Bonchev–Trinajstić information content (AvgIpc) is 2.81. The Balaban J connectivity index is 2.42. The number of hydrogen-bond acceptors (Lipinski definition) is 4. The predicted molar refractivity (Wildman–Crippen MR) is 72.0 cm³/mol. The van der Waals surface area contributed by atoms with Gasteiger partial charge in [0.15, 0.2) is 0 Å². The van der Waals surface area contributed by atoms with Crippen molar-refractivity contribution in [2.75, 3.05) is 6.61 Å². The third-order valence-electron chi connectivity index (χ3n) is 2.89. The maximum Gasteiger partial charge on any atom is 0.376 e. The number of hydrogen-bond donors (Lipinski definition) is 0. The van der Waals surface area contributed by atoms with E-state index in [1.165, 1.54) is 0 Å². The second-order valence-electron chi connectivity index (χ2n) is 4.16. The molecule has 0 aliphatic rings. The number of nitrogens with zero attached hydrogens (tertiary/aromatic N) is 1. The summed E-state index contributed by atoms with van der Waals surface area (Å²) in [5.41, 5.74) is 2.61. The summed E-state index contributed by atoms with van der Waals surface area (Å²) in [6.07, 6.45) is 0.881. The van der Waals surface area contributed by atoms with E-state index in [2.05, 4.69) is 11.9 Å². The molecule has 4 nitrogen and oxygen atoms in total. The van der Waals surface area contributed by atoms with Gasteiger partial charge in [-0.3, -0.25) is 0 Å². The second kappa shape index (κ2) is 5.69. The van der Waals surface area contributed by atoms with E-state index in [9.17, 15) is 4.79 Å². The second-order valence-corrected chi connectivity index (χ2v) is 4.16. The SMILES string of the molecule is CCOC(=O)c1oc(-c2ccccc2CC)nc1C. The van der Waals surface area contributed by atoms with Gasteiger partial charge in [-0.1, -0.05) is 25.1 Å². The summed E-state index contributed by atoms with van der Waals surface area (Å²) in [4.78, 5) is 16.0. The fraction of sp³-hybridized carbons (Fsp3) is 0.333. The first-order valence-electron chi connectivity index (χ1n) is 6.40. The number of rotatable bonds is 4. The van der Waals surface area contributed by atoms with Crippen molar-refractivity contribution in [1.82, 2.24) is 4.98 Å². The van der Waals surface area contributed by atoms with Crippen LogP contribution in [0.25, 0.3) is 11.5 Å². The molecule has 1 aromatic carbocycles. The smallest absolute Gasteiger partial charge is 0.376 e. The molecule has 4 heteroatoms. The minimum Gasteiger partial charge on any atom is -0.460 e. The molecule has 100 valence electrons. The summed E-state index contributed by atoms with van der Waals surface area (Å²) in [6, 6.07) is 7.88. The van der Waals surface area contributed by atoms with E-state index in [-0.39, 0.29) is 5.76 Å². The van der Waals surface area contributed by atoms with Crippen LogP contribution in [-0.4, -0.2) is 17.6 Å². The molecule has 0 aliphatic carbocycles. The molecule has 0 unspecified atom stereocenters. The maximum atomic E-state index is 11.7. The zero-order valence-corrected chi connectivity index (χ0v) is 11.4. The first-order valence-corrected chi connectivity index (χ1v) is 6.40. The van der Waals surface area contributed by atoms with Crippen LogP contribution in [-0.2, 0) is 11.2 Å². The Morgan fingerprint density at radius 2 is 2.05 bits per heavy atom. The highest BCUT2D eigenvalue weighted by molar-refractivity contribution is 5.88. The van der Waals surface area contributed by atoms with Gasteiger partial charge in [-0.2, -0.15) is 0 Å². The Morgan fingerprint density at radius 1 is 1.32 bits per heavy atom. The molecule has 0 atom stereocenters. The molecule has 0 saturated heterocycles. The van der Waals surface area contributed by atoms with Crippen LogP contribution in [0.2, 0.25) is 0 Å². The third-order valence-corrected chi connectivity index (χ3v) is 2.89. The molecule has 0 aliphatic heterocycles. The van der Waals surface area contributed by atoms with E-state index < -0.39 is 5.97 Å². The Bertz CT molecular complexity index is 587. The minimum atomic E-state index is -0.465. The zero-order chi connectivity index (χ0) is 13.8. The van der Waals surface area contributed by atoms with Gasteiger partial charge in [-0.05, 0) is 31.9 Å². The van der Waals surface area contributed by atoms with Crippen molar-refractivity contribution in [3.63, 3.8) is 0 Å². The van der Waals surface area contributed by atoms with Crippen LogP contribution < -0.4 is 0 Å². The Kier molecular flexibility index (Phi) is 4.00. The van der Waals surface area contributed by atoms with Gasteiger partial charge in [-0.15, -0.1) is 0 Å². The van der Waals surface area contributed by atoms with Crippen molar-refractivity contribution in [3.05, 3.63) is 41.3 Å². The number of carbonyl (C=O) groups excluding carboxylic acids is 1. The van der Waals surface area contributed by atoms with E-state index in [4.69, 9.17) is 9.15 Å². The van der Waals surface area contributed by atoms with Crippen LogP contribution in [0, 0.1) is 6.92 Å². The fourth-order valence-corrected chi connectivity index (χ4v) is 1.93. The quantitative estimate of drug-likeness (QED) is 0.790. The third kappa shape index (κ3) is 2.67. The summed E-state index contributed by atoms with van der Waals surface area (Å²) in [5, 5.41) is 0. The van der Waals surface area contributed by atoms with Gasteiger partial charge in [-0.25, -0.2) is 9.78 Å². The number of aryl methyl sites for hydroxylation is 2. The molecular formula is C15H17NO3. The monoisotopic (exact) mass is 259 g/mol. The van der Waals surface area contributed by atoms with Crippen LogP contribution >= 0.6 is 0 Å². The molecule has 0 spiro atoms. The number of carbonyl (C=O) groups is 1. The minimum absolute atomic E-state index is 0.183. The van der Waals surface area contributed by atoms with Crippen LogP contribution in [0.3, 0.4) is 0 Å². The van der Waals surface area contributed by atoms with Gasteiger partial charge in [0.25, 0.3) is 0 Å². The van der Waals surface area contributed by atoms with E-state index in [1.807, 2.05) is 24.3 Å². The Labute approximate surface area is 112 Å². The number of ether oxygens (including phenoxy) is 1. The zero-order valence-electron chi connectivity index (χ0n) is 11.4. The van der Waals surface area contributed by atoms with Gasteiger partial charge >= 0.3 is 5.97 Å². The van der Waals surface area contributed by atoms with Crippen molar-refractivity contribution in [2.24, 2.45) is 0 Å². The van der Waals surface area contributed by atoms with Crippen molar-refractivity contribution in [2.45, 2.75) is 27.2 Å². The van der Waals surface area contributed by atoms with Gasteiger partial charge < -0.3 is 9.15 Å². The molecule has 19 heavy (non-hydrogen) atoms. The summed E-state index contributed by atoms with van der Waals surface area (Å²) < 4.78 is 10.5. The van der Waals surface area contributed by atoms with Crippen LogP contribution in [0.4, 0.5) is 0 Å². The summed E-state index contributed by atoms with van der Waals surface area (Å²) in [7, 11) is 0. The number of aromatic nitrogens is 1. The van der Waals surface area contributed by atoms with Crippen LogP contribution in [0.1, 0.15) is 35.7 Å². The molecule has 2 rings (SSSR count). The van der Waals surface area contributed by atoms with E-state index in [1.54, 1.807) is 13.8 Å². The molecule has 0 bridgehead atoms. The number of oxazole rings is 1. The molecule has 1 aromatic heterocycles. The van der Waals surface area contributed by atoms with E-state index >= 15 is 0 Å². The lowest BCUT2D eigenvalue weighted by Gasteiger charge is -2.02. The number of benzene rings is 1. The molecule has 0 fully saturated rings. The highest BCUT2D eigenvalue weighted by Crippen LogP contribution is 2.25. The molecular weight excluding hydrogens is 242 g/mol. The van der Waals surface area contributed by atoms with Gasteiger partial charge in [0.2, 0.25) is 11.7 Å². The fourth-order valence-electron chi connectivity index (χ4n) is 1.93. The van der Waals surface area contributed by atoms with Crippen LogP contribution in [0.5, 0.6) is 0 Å². The van der Waals surface area contributed by atoms with Crippen LogP contribution in [0.15, 0.2) is 28.7 Å². The topological polar surface area (TPSA) is 52.3 Å². The van der Waals surface area contributed by atoms with Gasteiger partial charge in [0, 0.05) is 5.56 Å². The number of esters is 1. The van der Waals surface area contributed by atoms with Gasteiger partial charge in [0.05, 0.1) is 12.3 Å². The van der Waals surface area contributed by atoms with E-state index in [0.29, 0.717) is 18.2 Å². The molecule has 0 N–H and O–H groups in total. The molecule has 1 heterocycles. The largest absolute Gasteiger partial charge is 0.460 e. The lowest BCUT2D eigenvalue weighted by atomic mass is 10.1. The van der Waals surface area contributed by atoms with E-state index in [0.717, 1.165) is 17.5 Å². The molecule has 2 aromatic rings. The Hall–Kier alpha value is -2.10. The molecule has 0 radical (unpaired) electrons. The van der Waals surface area contributed by atoms with Gasteiger partial charge in [0.1, 0.15) is 0 Å². The van der Waals surface area contributed by atoms with Crippen molar-refractivity contribution >= 4 is 5.97 Å². The highest BCUT2D eigenvalue weighted by Gasteiger charge is 2.20. The lowest BCUT2D eigenvalue weighted by molar-refractivity contribution is 0.0490. The molecule has 0 amide bonds. The normalized spacial score (nSPS) is 10.5. The molecule has 0 saturated carbocycles. The first-order chi connectivity index (χ1) is 9.17. The Morgan fingerprint density at radius 3 is 2.74 bits per heavy atom. The van der Waals surface area contributed by atoms with Crippen molar-refractivity contribution in [3.8, 4) is 11.5 Å². The maximum absolute atomic E-state index is 11.7. The summed E-state index contributed by atoms with van der Waals surface area (Å²) in [5.74, 6) is 0.188. The summed E-state index contributed by atoms with van der Waals surface area (Å²) >= 11 is 0. The van der Waals surface area contributed by atoms with Crippen molar-refractivity contribution in [1.29, 1.82) is 0 Å². The first kappa shape index (κ1) is 13.3. The summed E-state index contributed by atoms with van der Waals surface area (Å²) in [6.45, 7) is 5.89. The highest BCUT2D eigenvalue weighted by atomic mass is 16.5.